The Hall–Kier alpha value is -2.64. The van der Waals surface area contributed by atoms with E-state index in [0.717, 1.165) is 4.85 Å². The first-order chi connectivity index (χ1) is 10.1. The van der Waals surface area contributed by atoms with Gasteiger partial charge >= 0.3 is 5.52 Å². The van der Waals surface area contributed by atoms with Gasteiger partial charge in [0.1, 0.15) is 16.5 Å². The third-order valence-electron chi connectivity index (χ3n) is 3.04. The van der Waals surface area contributed by atoms with Crippen LogP contribution in [0.5, 0.6) is 0 Å². The molecule has 8 nitrogen and oxygen atoms in total. The molecule has 0 aliphatic carbocycles. The first kappa shape index (κ1) is 14.8. The van der Waals surface area contributed by atoms with Gasteiger partial charge in [-0.3, -0.25) is 5.21 Å². The number of fused-ring (bicyclic) bond motifs is 1. The third-order valence-corrected chi connectivity index (χ3v) is 3.04. The fourth-order valence-corrected chi connectivity index (χ4v) is 1.93. The zero-order valence-electron chi connectivity index (χ0n) is 11.7. The van der Waals surface area contributed by atoms with E-state index in [1.807, 2.05) is 6.07 Å². The van der Waals surface area contributed by atoms with E-state index in [2.05, 4.69) is 15.4 Å². The Kier molecular flexibility index (Phi) is 4.70. The molecule has 0 fully saturated rings. The lowest BCUT2D eigenvalue weighted by Crippen LogP contribution is -2.42. The minimum Gasteiger partial charge on any atom is -0.530 e. The molecule has 0 aliphatic heterocycles. The molecule has 2 rings (SSSR count). The molecule has 1 heterocycles. The lowest BCUT2D eigenvalue weighted by Gasteiger charge is -2.22. The number of nitrogens with one attached hydrogen (secondary N) is 1. The topological polar surface area (TPSA) is 105 Å². The number of nitrogens with zero attached hydrogens (tertiary/aromatic N) is 4. The number of anilines is 1. The van der Waals surface area contributed by atoms with Gasteiger partial charge in [-0.2, -0.15) is 0 Å². The maximum absolute atomic E-state index is 10.7. The molecule has 0 unspecified atom stereocenters. The lowest BCUT2D eigenvalue weighted by molar-refractivity contribution is -0.928. The molecule has 1 aromatic heterocycles. The standard InChI is InChI=1S/C13H17N5O3/c1-2-17(13(19)20)9-5-8-14-12-15-10-6-3-4-7-11(10)18(21)16-12/h3-4,6-7H,2,5,8-9H2,1H3,(H2-,14,15,16,19,20,21). The summed E-state index contributed by atoms with van der Waals surface area (Å²) in [5, 5.41) is 27.3. The van der Waals surface area contributed by atoms with Crippen molar-refractivity contribution in [2.75, 3.05) is 25.0 Å². The van der Waals surface area contributed by atoms with Crippen LogP contribution in [-0.4, -0.2) is 45.9 Å². The van der Waals surface area contributed by atoms with Crippen molar-refractivity contribution in [1.82, 2.24) is 15.0 Å². The van der Waals surface area contributed by atoms with Crippen LogP contribution in [0.15, 0.2) is 24.3 Å². The van der Waals surface area contributed by atoms with Crippen molar-refractivity contribution in [2.45, 2.75) is 13.3 Å². The van der Waals surface area contributed by atoms with Gasteiger partial charge in [0.15, 0.2) is 0 Å². The molecule has 112 valence electrons. The Morgan fingerprint density at radius 2 is 2.24 bits per heavy atom. The summed E-state index contributed by atoms with van der Waals surface area (Å²) < 4.78 is 0. The second kappa shape index (κ2) is 6.69. The predicted molar refractivity (Wildman–Crippen MR) is 72.7 cm³/mol. The van der Waals surface area contributed by atoms with E-state index in [9.17, 15) is 15.1 Å². The molecule has 2 N–H and O–H groups in total. The second-order valence-corrected chi connectivity index (χ2v) is 4.44. The number of para-hydroxylation sites is 2. The second-order valence-electron chi connectivity index (χ2n) is 4.44. The number of carboxylic acid groups (broad SMARTS) is 1. The SMILES string of the molecule is CCN(CCCNc1nc2ccccc2[n+](O)n1)C(=O)[O-]. The Bertz CT molecular complexity index is 634. The molecule has 2 aromatic rings. The summed E-state index contributed by atoms with van der Waals surface area (Å²) in [6.07, 6.45) is -0.587. The van der Waals surface area contributed by atoms with Crippen molar-refractivity contribution in [3.8, 4) is 0 Å². The Labute approximate surface area is 121 Å². The summed E-state index contributed by atoms with van der Waals surface area (Å²) in [4.78, 5) is 17.0. The van der Waals surface area contributed by atoms with E-state index >= 15 is 0 Å². The molecule has 1 aromatic carbocycles. The van der Waals surface area contributed by atoms with Crippen molar-refractivity contribution in [2.24, 2.45) is 0 Å². The van der Waals surface area contributed by atoms with Gasteiger partial charge in [0, 0.05) is 25.7 Å². The molecule has 0 atom stereocenters. The van der Waals surface area contributed by atoms with Crippen molar-refractivity contribution < 1.29 is 20.0 Å². The van der Waals surface area contributed by atoms with E-state index in [1.54, 1.807) is 25.1 Å². The minimum absolute atomic E-state index is 0.285. The Balaban J connectivity index is 1.93. The molecule has 8 heteroatoms. The van der Waals surface area contributed by atoms with Crippen LogP contribution in [0, 0.1) is 0 Å². The summed E-state index contributed by atoms with van der Waals surface area (Å²) in [5.41, 5.74) is 1.12. The number of carbonyl (C=O) groups excluding carboxylic acids is 1. The highest BCUT2D eigenvalue weighted by atomic mass is 16.5. The number of rotatable bonds is 6. The first-order valence-electron chi connectivity index (χ1n) is 6.70. The number of aromatic nitrogens is 3. The summed E-state index contributed by atoms with van der Waals surface area (Å²) >= 11 is 0. The molecule has 0 saturated carbocycles. The highest BCUT2D eigenvalue weighted by molar-refractivity contribution is 5.70. The zero-order valence-corrected chi connectivity index (χ0v) is 11.7. The Morgan fingerprint density at radius 1 is 1.48 bits per heavy atom. The van der Waals surface area contributed by atoms with E-state index in [0.29, 0.717) is 37.1 Å². The predicted octanol–water partition coefficient (Wildman–Crippen LogP) is -0.378. The minimum atomic E-state index is -1.17. The first-order valence-corrected chi connectivity index (χ1v) is 6.70. The van der Waals surface area contributed by atoms with Crippen LogP contribution < -0.4 is 15.3 Å². The fraction of sp³-hybridized carbons (Fsp3) is 0.385. The molecular formula is C13H17N5O3. The maximum Gasteiger partial charge on any atom is 0.315 e. The van der Waals surface area contributed by atoms with Crippen LogP contribution in [-0.2, 0) is 0 Å². The van der Waals surface area contributed by atoms with Crippen LogP contribution in [0.3, 0.4) is 0 Å². The smallest absolute Gasteiger partial charge is 0.315 e. The Morgan fingerprint density at radius 3 is 2.95 bits per heavy atom. The molecule has 0 radical (unpaired) electrons. The summed E-state index contributed by atoms with van der Waals surface area (Å²) in [7, 11) is 0. The van der Waals surface area contributed by atoms with Gasteiger partial charge < -0.3 is 20.1 Å². The largest absolute Gasteiger partial charge is 0.530 e. The van der Waals surface area contributed by atoms with Gasteiger partial charge in [-0.1, -0.05) is 12.1 Å². The molecule has 21 heavy (non-hydrogen) atoms. The van der Waals surface area contributed by atoms with Crippen LogP contribution in [0.1, 0.15) is 13.3 Å². The molecule has 0 saturated heterocycles. The monoisotopic (exact) mass is 291 g/mol. The van der Waals surface area contributed by atoms with Crippen molar-refractivity contribution >= 4 is 23.1 Å². The average Bonchev–Trinajstić information content (AvgIpc) is 2.47. The molecule has 0 bridgehead atoms. The maximum atomic E-state index is 10.7. The third kappa shape index (κ3) is 3.68. The number of benzene rings is 1. The van der Waals surface area contributed by atoms with E-state index < -0.39 is 6.09 Å². The number of carbonyl (C=O) groups is 1. The van der Waals surface area contributed by atoms with Crippen LogP contribution in [0.4, 0.5) is 10.7 Å². The van der Waals surface area contributed by atoms with E-state index in [1.165, 1.54) is 4.90 Å². The zero-order chi connectivity index (χ0) is 15.2. The summed E-state index contributed by atoms with van der Waals surface area (Å²) in [5.74, 6) is 0.285. The summed E-state index contributed by atoms with van der Waals surface area (Å²) in [6.45, 7) is 3.01. The van der Waals surface area contributed by atoms with E-state index in [4.69, 9.17) is 0 Å². The van der Waals surface area contributed by atoms with Crippen LogP contribution in [0.2, 0.25) is 0 Å². The van der Waals surface area contributed by atoms with Gasteiger partial charge in [0.25, 0.3) is 5.95 Å². The highest BCUT2D eigenvalue weighted by Crippen LogP contribution is 2.07. The highest BCUT2D eigenvalue weighted by Gasteiger charge is 2.13. The van der Waals surface area contributed by atoms with Crippen molar-refractivity contribution in [3.63, 3.8) is 0 Å². The van der Waals surface area contributed by atoms with Gasteiger partial charge in [0.2, 0.25) is 0 Å². The van der Waals surface area contributed by atoms with Gasteiger partial charge in [-0.05, 0) is 19.4 Å². The fourth-order valence-electron chi connectivity index (χ4n) is 1.93. The van der Waals surface area contributed by atoms with Gasteiger partial charge in [-0.25, -0.2) is 4.98 Å². The number of hydrogen-bond acceptors (Lipinski definition) is 6. The quantitative estimate of drug-likeness (QED) is 0.427. The van der Waals surface area contributed by atoms with Crippen LogP contribution >= 0.6 is 0 Å². The van der Waals surface area contributed by atoms with E-state index in [-0.39, 0.29) is 5.95 Å². The number of hydrogen-bond donors (Lipinski definition) is 2. The van der Waals surface area contributed by atoms with Crippen molar-refractivity contribution in [1.29, 1.82) is 0 Å². The van der Waals surface area contributed by atoms with Crippen molar-refractivity contribution in [3.05, 3.63) is 24.3 Å². The molecule has 1 amide bonds. The van der Waals surface area contributed by atoms with Gasteiger partial charge in [0.05, 0.1) is 5.10 Å². The molecular weight excluding hydrogens is 274 g/mol. The average molecular weight is 291 g/mol. The molecule has 0 aliphatic rings. The summed E-state index contributed by atoms with van der Waals surface area (Å²) in [6, 6.07) is 7.07. The number of amides is 1. The molecule has 0 spiro atoms. The van der Waals surface area contributed by atoms with Crippen LogP contribution in [0.25, 0.3) is 11.0 Å². The van der Waals surface area contributed by atoms with Gasteiger partial charge in [-0.15, -0.1) is 0 Å². The lowest BCUT2D eigenvalue weighted by atomic mass is 10.3. The normalized spacial score (nSPS) is 10.5.